The molecular weight excluding hydrogens is 408 g/mol. The minimum Gasteiger partial charge on any atom is -0.347 e. The third-order valence-electron chi connectivity index (χ3n) is 5.62. The third-order valence-corrected chi connectivity index (χ3v) is 6.79. The molecule has 2 aliphatic heterocycles. The second-order valence-electron chi connectivity index (χ2n) is 7.70. The maximum Gasteiger partial charge on any atom is 0.271 e. The second kappa shape index (κ2) is 7.86. The number of nitrogens with one attached hydrogen (secondary N) is 1. The average molecular weight is 429 g/mol. The summed E-state index contributed by atoms with van der Waals surface area (Å²) in [7, 11) is 0. The summed E-state index contributed by atoms with van der Waals surface area (Å²) in [6.45, 7) is 0.162. The standard InChI is InChI=1S/C21H21F2N5OS/c22-14-3-1-2-13(8-14)17-9-15(23)11-27(17)20-5-4-19-24-10-18(28(19)26-20)21(29)25-16-6-7-30-12-16/h1-5,8,10,15-17H,6-7,9,11-12H2,(H,25,29)/t15-,16?,17+/m0/s1. The van der Waals surface area contributed by atoms with E-state index < -0.39 is 6.17 Å². The van der Waals surface area contributed by atoms with Crippen LogP contribution in [0.15, 0.2) is 42.6 Å². The lowest BCUT2D eigenvalue weighted by Crippen LogP contribution is -2.35. The van der Waals surface area contributed by atoms with Crippen LogP contribution in [0.1, 0.15) is 34.9 Å². The minimum atomic E-state index is -1.04. The molecule has 2 aromatic heterocycles. The summed E-state index contributed by atoms with van der Waals surface area (Å²) in [6, 6.07) is 9.60. The SMILES string of the molecule is O=C(NC1CCSC1)c1cnc2ccc(N3C[C@@H](F)C[C@@H]3c3cccc(F)c3)nn12. The summed E-state index contributed by atoms with van der Waals surface area (Å²) < 4.78 is 29.6. The maximum atomic E-state index is 14.3. The molecule has 1 aromatic carbocycles. The molecule has 0 saturated carbocycles. The Morgan fingerprint density at radius 1 is 1.27 bits per heavy atom. The molecule has 2 saturated heterocycles. The van der Waals surface area contributed by atoms with Crippen molar-refractivity contribution in [2.24, 2.45) is 0 Å². The summed E-state index contributed by atoms with van der Waals surface area (Å²) in [4.78, 5) is 18.9. The number of imidazole rings is 1. The number of hydrogen-bond donors (Lipinski definition) is 1. The molecule has 0 aliphatic carbocycles. The number of carbonyl (C=O) groups excluding carboxylic acids is 1. The Balaban J connectivity index is 1.47. The lowest BCUT2D eigenvalue weighted by molar-refractivity contribution is 0.0934. The maximum absolute atomic E-state index is 14.3. The highest BCUT2D eigenvalue weighted by Crippen LogP contribution is 2.36. The van der Waals surface area contributed by atoms with E-state index in [4.69, 9.17) is 0 Å². The van der Waals surface area contributed by atoms with Gasteiger partial charge < -0.3 is 10.2 Å². The van der Waals surface area contributed by atoms with Crippen molar-refractivity contribution in [1.29, 1.82) is 0 Å². The van der Waals surface area contributed by atoms with E-state index >= 15 is 0 Å². The van der Waals surface area contributed by atoms with E-state index in [1.165, 1.54) is 22.8 Å². The first-order valence-electron chi connectivity index (χ1n) is 9.98. The Hall–Kier alpha value is -2.68. The molecule has 5 rings (SSSR count). The molecule has 156 valence electrons. The zero-order valence-electron chi connectivity index (χ0n) is 16.2. The lowest BCUT2D eigenvalue weighted by Gasteiger charge is -2.25. The number of alkyl halides is 1. The van der Waals surface area contributed by atoms with Crippen molar-refractivity contribution in [1.82, 2.24) is 19.9 Å². The summed E-state index contributed by atoms with van der Waals surface area (Å²) in [5.41, 5.74) is 1.60. The molecule has 3 aromatic rings. The Labute approximate surface area is 176 Å². The number of halogens is 2. The molecule has 0 bridgehead atoms. The van der Waals surface area contributed by atoms with Crippen molar-refractivity contribution in [2.75, 3.05) is 23.0 Å². The molecule has 1 unspecified atom stereocenters. The van der Waals surface area contributed by atoms with Crippen LogP contribution in [0.25, 0.3) is 5.65 Å². The van der Waals surface area contributed by atoms with Gasteiger partial charge in [-0.2, -0.15) is 11.8 Å². The van der Waals surface area contributed by atoms with Crippen LogP contribution in [-0.4, -0.2) is 50.8 Å². The van der Waals surface area contributed by atoms with E-state index in [-0.39, 0.29) is 36.8 Å². The predicted octanol–water partition coefficient (Wildman–Crippen LogP) is 3.39. The van der Waals surface area contributed by atoms with E-state index in [0.717, 1.165) is 17.9 Å². The molecule has 0 radical (unpaired) electrons. The Kier molecular flexibility index (Phi) is 5.06. The number of anilines is 1. The molecule has 2 fully saturated rings. The highest BCUT2D eigenvalue weighted by Gasteiger charge is 2.34. The molecular formula is C21H21F2N5OS. The molecule has 30 heavy (non-hydrogen) atoms. The third kappa shape index (κ3) is 3.62. The van der Waals surface area contributed by atoms with E-state index in [1.54, 1.807) is 24.3 Å². The van der Waals surface area contributed by atoms with Crippen molar-refractivity contribution in [3.05, 3.63) is 59.7 Å². The first kappa shape index (κ1) is 19.3. The number of aromatic nitrogens is 3. The number of thioether (sulfide) groups is 1. The van der Waals surface area contributed by atoms with Crippen LogP contribution >= 0.6 is 11.8 Å². The topological polar surface area (TPSA) is 62.5 Å². The molecule has 1 N–H and O–H groups in total. The van der Waals surface area contributed by atoms with Crippen LogP contribution in [0.5, 0.6) is 0 Å². The lowest BCUT2D eigenvalue weighted by atomic mass is 10.0. The first-order chi connectivity index (χ1) is 14.6. The molecule has 9 heteroatoms. The summed E-state index contributed by atoms with van der Waals surface area (Å²) >= 11 is 1.82. The van der Waals surface area contributed by atoms with Gasteiger partial charge in [-0.3, -0.25) is 4.79 Å². The quantitative estimate of drug-likeness (QED) is 0.689. The number of benzene rings is 1. The minimum absolute atomic E-state index is 0.152. The van der Waals surface area contributed by atoms with E-state index in [1.807, 2.05) is 16.7 Å². The fourth-order valence-corrected chi connectivity index (χ4v) is 5.30. The van der Waals surface area contributed by atoms with Gasteiger partial charge in [0.05, 0.1) is 18.8 Å². The van der Waals surface area contributed by atoms with Crippen molar-refractivity contribution in [3.8, 4) is 0 Å². The largest absolute Gasteiger partial charge is 0.347 e. The van der Waals surface area contributed by atoms with Gasteiger partial charge in [-0.25, -0.2) is 18.3 Å². The summed E-state index contributed by atoms with van der Waals surface area (Å²) in [5, 5.41) is 7.63. The zero-order valence-corrected chi connectivity index (χ0v) is 17.0. The van der Waals surface area contributed by atoms with Crippen LogP contribution in [-0.2, 0) is 0 Å². The number of amides is 1. The fraction of sp³-hybridized carbons (Fsp3) is 0.381. The smallest absolute Gasteiger partial charge is 0.271 e. The first-order valence-corrected chi connectivity index (χ1v) is 11.1. The molecule has 2 aliphatic rings. The van der Waals surface area contributed by atoms with Crippen molar-refractivity contribution in [2.45, 2.75) is 31.1 Å². The van der Waals surface area contributed by atoms with Crippen molar-refractivity contribution < 1.29 is 13.6 Å². The average Bonchev–Trinajstić information content (AvgIpc) is 3.47. The van der Waals surface area contributed by atoms with Gasteiger partial charge >= 0.3 is 0 Å². The fourth-order valence-electron chi connectivity index (χ4n) is 4.15. The Bertz CT molecular complexity index is 1080. The van der Waals surface area contributed by atoms with Gasteiger partial charge in [-0.15, -0.1) is 5.10 Å². The summed E-state index contributed by atoms with van der Waals surface area (Å²) in [6.07, 6.45) is 1.68. The van der Waals surface area contributed by atoms with Gasteiger partial charge in [0.25, 0.3) is 5.91 Å². The van der Waals surface area contributed by atoms with Crippen LogP contribution in [0.2, 0.25) is 0 Å². The van der Waals surface area contributed by atoms with Gasteiger partial charge in [-0.05, 0) is 42.0 Å². The molecule has 4 heterocycles. The number of carbonyl (C=O) groups is 1. The highest BCUT2D eigenvalue weighted by atomic mass is 32.2. The van der Waals surface area contributed by atoms with Crippen LogP contribution in [0, 0.1) is 5.82 Å². The van der Waals surface area contributed by atoms with Gasteiger partial charge in [0.2, 0.25) is 0 Å². The highest BCUT2D eigenvalue weighted by molar-refractivity contribution is 7.99. The van der Waals surface area contributed by atoms with Crippen LogP contribution in [0.3, 0.4) is 0 Å². The van der Waals surface area contributed by atoms with Gasteiger partial charge in [0, 0.05) is 18.2 Å². The van der Waals surface area contributed by atoms with Gasteiger partial charge in [-0.1, -0.05) is 12.1 Å². The monoisotopic (exact) mass is 429 g/mol. The van der Waals surface area contributed by atoms with Gasteiger partial charge in [0.1, 0.15) is 17.8 Å². The second-order valence-corrected chi connectivity index (χ2v) is 8.84. The molecule has 0 spiro atoms. The normalized spacial score (nSPS) is 23.9. The summed E-state index contributed by atoms with van der Waals surface area (Å²) in [5.74, 6) is 1.91. The number of nitrogens with zero attached hydrogens (tertiary/aromatic N) is 4. The Morgan fingerprint density at radius 3 is 2.97 bits per heavy atom. The number of rotatable bonds is 4. The van der Waals surface area contributed by atoms with Crippen molar-refractivity contribution >= 4 is 29.1 Å². The Morgan fingerprint density at radius 2 is 2.17 bits per heavy atom. The zero-order chi connectivity index (χ0) is 20.7. The molecule has 6 nitrogen and oxygen atoms in total. The van der Waals surface area contributed by atoms with E-state index in [9.17, 15) is 13.6 Å². The van der Waals surface area contributed by atoms with Gasteiger partial charge in [0.15, 0.2) is 11.3 Å². The predicted molar refractivity (Wildman–Crippen MR) is 112 cm³/mol. The van der Waals surface area contributed by atoms with Crippen LogP contribution in [0.4, 0.5) is 14.6 Å². The van der Waals surface area contributed by atoms with E-state index in [2.05, 4.69) is 15.4 Å². The molecule has 1 amide bonds. The van der Waals surface area contributed by atoms with Crippen molar-refractivity contribution in [3.63, 3.8) is 0 Å². The molecule has 3 atom stereocenters. The number of fused-ring (bicyclic) bond motifs is 1. The number of hydrogen-bond acceptors (Lipinski definition) is 5. The van der Waals surface area contributed by atoms with E-state index in [0.29, 0.717) is 22.7 Å². The van der Waals surface area contributed by atoms with Crippen LogP contribution < -0.4 is 10.2 Å².